The van der Waals surface area contributed by atoms with E-state index in [9.17, 15) is 4.79 Å². The van der Waals surface area contributed by atoms with Crippen molar-refractivity contribution < 1.29 is 9.53 Å². The first-order chi connectivity index (χ1) is 11.6. The van der Waals surface area contributed by atoms with Crippen molar-refractivity contribution >= 4 is 44.2 Å². The molecule has 5 heteroatoms. The third-order valence-corrected chi connectivity index (χ3v) is 4.46. The number of ether oxygens (including phenoxy) is 1. The van der Waals surface area contributed by atoms with E-state index in [2.05, 4.69) is 39.4 Å². The van der Waals surface area contributed by atoms with E-state index in [0.717, 1.165) is 20.8 Å². The lowest BCUT2D eigenvalue weighted by atomic mass is 10.0. The molecule has 0 aromatic heterocycles. The number of halogens is 2. The molecule has 0 spiro atoms. The quantitative estimate of drug-likeness (QED) is 0.653. The summed E-state index contributed by atoms with van der Waals surface area (Å²) in [6.07, 6.45) is 0. The minimum absolute atomic E-state index is 0.0506. The van der Waals surface area contributed by atoms with Gasteiger partial charge in [-0.05, 0) is 50.5 Å². The van der Waals surface area contributed by atoms with Crippen molar-refractivity contribution in [2.75, 3.05) is 6.61 Å². The van der Waals surface area contributed by atoms with E-state index in [0.29, 0.717) is 17.3 Å². The monoisotopic (exact) mass is 403 g/mol. The molecule has 3 aromatic carbocycles. The fourth-order valence-electron chi connectivity index (χ4n) is 2.43. The molecular formula is C19H15BrClNO2. The number of amides is 1. The van der Waals surface area contributed by atoms with Gasteiger partial charge in [-0.3, -0.25) is 4.79 Å². The second kappa shape index (κ2) is 7.69. The summed E-state index contributed by atoms with van der Waals surface area (Å²) < 4.78 is 6.23. The lowest BCUT2D eigenvalue weighted by Crippen LogP contribution is -2.28. The van der Waals surface area contributed by atoms with Gasteiger partial charge in [0, 0.05) is 11.6 Å². The molecule has 122 valence electrons. The minimum Gasteiger partial charge on any atom is -0.483 e. The molecule has 0 atom stereocenters. The Bertz CT molecular complexity index is 877. The Labute approximate surface area is 153 Å². The topological polar surface area (TPSA) is 38.3 Å². The van der Waals surface area contributed by atoms with Crippen LogP contribution in [0.5, 0.6) is 5.75 Å². The van der Waals surface area contributed by atoms with Gasteiger partial charge in [0.25, 0.3) is 5.91 Å². The molecule has 0 bridgehead atoms. The molecular weight excluding hydrogens is 390 g/mol. The standard InChI is InChI=1S/C19H15BrClNO2/c20-17-10-15(21)8-9-18(17)24-12-19(23)22-11-14-6-3-5-13-4-1-2-7-16(13)14/h1-10H,11-12H2,(H,22,23). The summed E-state index contributed by atoms with van der Waals surface area (Å²) in [5.74, 6) is 0.407. The van der Waals surface area contributed by atoms with Crippen LogP contribution in [0.1, 0.15) is 5.56 Å². The lowest BCUT2D eigenvalue weighted by molar-refractivity contribution is -0.123. The fraction of sp³-hybridized carbons (Fsp3) is 0.105. The first kappa shape index (κ1) is 16.8. The molecule has 0 heterocycles. The SMILES string of the molecule is O=C(COc1ccc(Cl)cc1Br)NCc1cccc2ccccc12. The molecule has 0 radical (unpaired) electrons. The van der Waals surface area contributed by atoms with Crippen LogP contribution >= 0.6 is 27.5 Å². The van der Waals surface area contributed by atoms with E-state index in [1.807, 2.05) is 24.3 Å². The molecule has 0 fully saturated rings. The number of hydrogen-bond donors (Lipinski definition) is 1. The van der Waals surface area contributed by atoms with Gasteiger partial charge < -0.3 is 10.1 Å². The van der Waals surface area contributed by atoms with Crippen LogP contribution in [0.25, 0.3) is 10.8 Å². The van der Waals surface area contributed by atoms with Crippen LogP contribution in [0.3, 0.4) is 0 Å². The molecule has 3 rings (SSSR count). The van der Waals surface area contributed by atoms with Crippen molar-refractivity contribution in [2.45, 2.75) is 6.54 Å². The average molecular weight is 405 g/mol. The van der Waals surface area contributed by atoms with Crippen molar-refractivity contribution in [1.29, 1.82) is 0 Å². The first-order valence-corrected chi connectivity index (χ1v) is 8.62. The Morgan fingerprint density at radius 3 is 2.71 bits per heavy atom. The number of nitrogens with one attached hydrogen (secondary N) is 1. The lowest BCUT2D eigenvalue weighted by Gasteiger charge is -2.10. The van der Waals surface area contributed by atoms with Crippen molar-refractivity contribution in [3.8, 4) is 5.75 Å². The van der Waals surface area contributed by atoms with Crippen molar-refractivity contribution in [3.05, 3.63) is 75.7 Å². The molecule has 0 aliphatic heterocycles. The van der Waals surface area contributed by atoms with Gasteiger partial charge in [-0.25, -0.2) is 0 Å². The molecule has 3 nitrogen and oxygen atoms in total. The molecule has 0 unspecified atom stereocenters. The molecule has 3 aromatic rings. The Kier molecular flexibility index (Phi) is 5.38. The van der Waals surface area contributed by atoms with Gasteiger partial charge in [0.05, 0.1) is 4.47 Å². The van der Waals surface area contributed by atoms with Gasteiger partial charge in [-0.15, -0.1) is 0 Å². The third-order valence-electron chi connectivity index (χ3n) is 3.61. The zero-order valence-electron chi connectivity index (χ0n) is 12.8. The summed E-state index contributed by atoms with van der Waals surface area (Å²) in [7, 11) is 0. The maximum Gasteiger partial charge on any atom is 0.258 e. The van der Waals surface area contributed by atoms with Gasteiger partial charge in [0.1, 0.15) is 5.75 Å². The zero-order valence-corrected chi connectivity index (χ0v) is 15.1. The van der Waals surface area contributed by atoms with Crippen LogP contribution in [-0.2, 0) is 11.3 Å². The fourth-order valence-corrected chi connectivity index (χ4v) is 3.22. The number of hydrogen-bond acceptors (Lipinski definition) is 2. The van der Waals surface area contributed by atoms with Crippen molar-refractivity contribution in [1.82, 2.24) is 5.32 Å². The highest BCUT2D eigenvalue weighted by Gasteiger charge is 2.07. The second-order valence-corrected chi connectivity index (χ2v) is 6.57. The highest BCUT2D eigenvalue weighted by molar-refractivity contribution is 9.10. The minimum atomic E-state index is -0.176. The summed E-state index contributed by atoms with van der Waals surface area (Å²) >= 11 is 9.24. The number of rotatable bonds is 5. The molecule has 0 saturated carbocycles. The molecule has 0 aliphatic rings. The summed E-state index contributed by atoms with van der Waals surface area (Å²) in [4.78, 5) is 12.0. The van der Waals surface area contributed by atoms with Gasteiger partial charge in [0.2, 0.25) is 0 Å². The van der Waals surface area contributed by atoms with Gasteiger partial charge >= 0.3 is 0 Å². The molecule has 0 aliphatic carbocycles. The van der Waals surface area contributed by atoms with Crippen LogP contribution in [0.15, 0.2) is 65.1 Å². The smallest absolute Gasteiger partial charge is 0.258 e. The Hall–Kier alpha value is -2.04. The van der Waals surface area contributed by atoms with Crippen LogP contribution < -0.4 is 10.1 Å². The van der Waals surface area contributed by atoms with E-state index in [-0.39, 0.29) is 12.5 Å². The molecule has 1 N–H and O–H groups in total. The van der Waals surface area contributed by atoms with Gasteiger partial charge in [0.15, 0.2) is 6.61 Å². The number of carbonyl (C=O) groups is 1. The van der Waals surface area contributed by atoms with Crippen LogP contribution in [0.4, 0.5) is 0 Å². The maximum atomic E-state index is 12.0. The first-order valence-electron chi connectivity index (χ1n) is 7.44. The van der Waals surface area contributed by atoms with Crippen molar-refractivity contribution in [3.63, 3.8) is 0 Å². The van der Waals surface area contributed by atoms with E-state index in [1.54, 1.807) is 18.2 Å². The number of fused-ring (bicyclic) bond motifs is 1. The third kappa shape index (κ3) is 4.08. The Morgan fingerprint density at radius 1 is 1.08 bits per heavy atom. The Morgan fingerprint density at radius 2 is 1.88 bits per heavy atom. The van der Waals surface area contributed by atoms with E-state index < -0.39 is 0 Å². The van der Waals surface area contributed by atoms with Crippen molar-refractivity contribution in [2.24, 2.45) is 0 Å². The van der Waals surface area contributed by atoms with Crippen LogP contribution in [-0.4, -0.2) is 12.5 Å². The largest absolute Gasteiger partial charge is 0.483 e. The molecule has 0 saturated heterocycles. The van der Waals surface area contributed by atoms with Gasteiger partial charge in [-0.1, -0.05) is 54.1 Å². The number of benzene rings is 3. The second-order valence-electron chi connectivity index (χ2n) is 5.28. The van der Waals surface area contributed by atoms with E-state index in [1.165, 1.54) is 0 Å². The summed E-state index contributed by atoms with van der Waals surface area (Å²) in [6.45, 7) is 0.413. The number of carbonyl (C=O) groups excluding carboxylic acids is 1. The summed E-state index contributed by atoms with van der Waals surface area (Å²) in [5, 5.41) is 5.79. The predicted octanol–water partition coefficient (Wildman–Crippen LogP) is 4.95. The zero-order chi connectivity index (χ0) is 16.9. The average Bonchev–Trinajstić information content (AvgIpc) is 2.59. The molecule has 1 amide bonds. The maximum absolute atomic E-state index is 12.0. The van der Waals surface area contributed by atoms with Crippen LogP contribution in [0, 0.1) is 0 Å². The Balaban J connectivity index is 1.59. The summed E-state index contributed by atoms with van der Waals surface area (Å²) in [6, 6.07) is 19.3. The van der Waals surface area contributed by atoms with E-state index >= 15 is 0 Å². The van der Waals surface area contributed by atoms with Gasteiger partial charge in [-0.2, -0.15) is 0 Å². The highest BCUT2D eigenvalue weighted by atomic mass is 79.9. The normalized spacial score (nSPS) is 10.6. The highest BCUT2D eigenvalue weighted by Crippen LogP contribution is 2.27. The predicted molar refractivity (Wildman–Crippen MR) is 100 cm³/mol. The van der Waals surface area contributed by atoms with E-state index in [4.69, 9.17) is 16.3 Å². The summed E-state index contributed by atoms with van der Waals surface area (Å²) in [5.41, 5.74) is 1.08. The van der Waals surface area contributed by atoms with Crippen LogP contribution in [0.2, 0.25) is 5.02 Å². The molecule has 24 heavy (non-hydrogen) atoms.